The number of hydrogen-bond donors (Lipinski definition) is 1. The van der Waals surface area contributed by atoms with Gasteiger partial charge in [-0.3, -0.25) is 9.48 Å². The largest absolute Gasteiger partial charge is 0.484 e. The first kappa shape index (κ1) is 19.7. The van der Waals surface area contributed by atoms with Crippen molar-refractivity contribution in [1.82, 2.24) is 9.78 Å². The van der Waals surface area contributed by atoms with Gasteiger partial charge in [0.15, 0.2) is 5.76 Å². The van der Waals surface area contributed by atoms with Crippen molar-refractivity contribution >= 4 is 23.2 Å². The number of benzene rings is 2. The van der Waals surface area contributed by atoms with E-state index in [1.807, 2.05) is 12.1 Å². The Labute approximate surface area is 176 Å². The van der Waals surface area contributed by atoms with Gasteiger partial charge in [0.25, 0.3) is 5.91 Å². The fraction of sp³-hybridized carbons (Fsp3) is 0.0909. The maximum Gasteiger partial charge on any atom is 0.291 e. The third-order valence-electron chi connectivity index (χ3n) is 4.24. The molecule has 1 amide bonds. The Kier molecular flexibility index (Phi) is 5.81. The molecule has 0 radical (unpaired) electrons. The van der Waals surface area contributed by atoms with Gasteiger partial charge in [0.1, 0.15) is 23.9 Å². The normalized spacial score (nSPS) is 10.7. The molecule has 1 N–H and O–H groups in total. The number of anilines is 1. The summed E-state index contributed by atoms with van der Waals surface area (Å²) in [6.07, 6.45) is 3.22. The molecule has 30 heavy (non-hydrogen) atoms. The number of furan rings is 1. The summed E-state index contributed by atoms with van der Waals surface area (Å²) < 4.78 is 25.8. The molecule has 2 aromatic carbocycles. The summed E-state index contributed by atoms with van der Waals surface area (Å²) in [4.78, 5) is 12.4. The van der Waals surface area contributed by atoms with Crippen molar-refractivity contribution in [2.45, 2.75) is 13.2 Å². The molecule has 4 aromatic rings. The second-order valence-electron chi connectivity index (χ2n) is 6.49. The van der Waals surface area contributed by atoms with Crippen LogP contribution in [-0.4, -0.2) is 15.7 Å². The minimum Gasteiger partial charge on any atom is -0.484 e. The van der Waals surface area contributed by atoms with Gasteiger partial charge in [0.2, 0.25) is 0 Å². The van der Waals surface area contributed by atoms with Crippen molar-refractivity contribution in [2.24, 2.45) is 0 Å². The Morgan fingerprint density at radius 1 is 1.13 bits per heavy atom. The number of rotatable bonds is 7. The summed E-state index contributed by atoms with van der Waals surface area (Å²) in [6.45, 7) is 0.604. The quantitative estimate of drug-likeness (QED) is 0.444. The zero-order valence-corrected chi connectivity index (χ0v) is 16.5. The smallest absolute Gasteiger partial charge is 0.291 e. The molecule has 4 rings (SSSR count). The number of carbonyl (C=O) groups excluding carboxylic acids is 1. The number of aromatic nitrogens is 2. The summed E-state index contributed by atoms with van der Waals surface area (Å²) >= 11 is 6.05. The van der Waals surface area contributed by atoms with E-state index in [0.717, 1.165) is 5.56 Å². The molecule has 152 valence electrons. The average molecular weight is 426 g/mol. The van der Waals surface area contributed by atoms with E-state index >= 15 is 0 Å². The van der Waals surface area contributed by atoms with E-state index in [-0.39, 0.29) is 18.2 Å². The molecule has 0 saturated heterocycles. The third kappa shape index (κ3) is 4.87. The van der Waals surface area contributed by atoms with Crippen molar-refractivity contribution in [3.05, 3.63) is 101 Å². The molecule has 0 fully saturated rings. The molecule has 2 aromatic heterocycles. The van der Waals surface area contributed by atoms with Crippen LogP contribution in [0.2, 0.25) is 5.02 Å². The minimum absolute atomic E-state index is 0.145. The molecule has 0 bridgehead atoms. The molecule has 0 saturated carbocycles. The predicted molar refractivity (Wildman–Crippen MR) is 110 cm³/mol. The number of amides is 1. The van der Waals surface area contributed by atoms with Crippen LogP contribution in [-0.2, 0) is 13.2 Å². The molecule has 0 aliphatic carbocycles. The van der Waals surface area contributed by atoms with Gasteiger partial charge in [-0.05, 0) is 42.0 Å². The van der Waals surface area contributed by atoms with Gasteiger partial charge in [0.05, 0.1) is 23.5 Å². The summed E-state index contributed by atoms with van der Waals surface area (Å²) in [6, 6.07) is 16.5. The van der Waals surface area contributed by atoms with Crippen molar-refractivity contribution in [3.63, 3.8) is 0 Å². The minimum atomic E-state index is -0.402. The molecule has 0 atom stereocenters. The van der Waals surface area contributed by atoms with Gasteiger partial charge >= 0.3 is 0 Å². The molecule has 0 aliphatic heterocycles. The highest BCUT2D eigenvalue weighted by Gasteiger charge is 2.13. The number of halogens is 2. The summed E-state index contributed by atoms with van der Waals surface area (Å²) in [7, 11) is 0. The number of nitrogens with one attached hydrogen (secondary N) is 1. The van der Waals surface area contributed by atoms with Crippen LogP contribution in [0.5, 0.6) is 5.75 Å². The van der Waals surface area contributed by atoms with Crippen LogP contribution in [0.25, 0.3) is 0 Å². The number of nitrogens with zero attached hydrogens (tertiary/aromatic N) is 2. The summed E-state index contributed by atoms with van der Waals surface area (Å²) in [5.74, 6) is 0.490. The van der Waals surface area contributed by atoms with Crippen molar-refractivity contribution in [3.8, 4) is 5.75 Å². The first-order valence-corrected chi connectivity index (χ1v) is 9.49. The second-order valence-corrected chi connectivity index (χ2v) is 6.90. The van der Waals surface area contributed by atoms with Crippen molar-refractivity contribution in [2.75, 3.05) is 5.32 Å². The van der Waals surface area contributed by atoms with Gasteiger partial charge in [-0.15, -0.1) is 0 Å². The predicted octanol–water partition coefficient (Wildman–Crippen LogP) is 5.15. The maximum absolute atomic E-state index is 13.0. The lowest BCUT2D eigenvalue weighted by Gasteiger charge is -2.05. The van der Waals surface area contributed by atoms with Crippen LogP contribution >= 0.6 is 11.6 Å². The third-order valence-corrected chi connectivity index (χ3v) is 4.55. The number of para-hydroxylation sites is 1. The first-order valence-electron chi connectivity index (χ1n) is 9.11. The van der Waals surface area contributed by atoms with Crippen LogP contribution in [0.15, 0.2) is 77.5 Å². The van der Waals surface area contributed by atoms with Crippen LogP contribution in [0.3, 0.4) is 0 Å². The average Bonchev–Trinajstić information content (AvgIpc) is 3.39. The lowest BCUT2D eigenvalue weighted by Crippen LogP contribution is -2.10. The highest BCUT2D eigenvalue weighted by atomic mass is 35.5. The summed E-state index contributed by atoms with van der Waals surface area (Å²) in [5, 5.41) is 7.43. The first-order chi connectivity index (χ1) is 14.6. The number of hydrogen-bond acceptors (Lipinski definition) is 4. The number of carbonyl (C=O) groups is 1. The fourth-order valence-electron chi connectivity index (χ4n) is 2.77. The Balaban J connectivity index is 1.34. The molecule has 2 heterocycles. The molecule has 0 unspecified atom stereocenters. The SMILES string of the molecule is O=C(Nc1cnn(Cc2ccc(F)cc2)c1)c1ccc(COc2ccccc2Cl)o1. The Hall–Kier alpha value is -3.58. The zero-order chi connectivity index (χ0) is 20.9. The van der Waals surface area contributed by atoms with Crippen molar-refractivity contribution in [1.29, 1.82) is 0 Å². The van der Waals surface area contributed by atoms with E-state index in [2.05, 4.69) is 10.4 Å². The topological polar surface area (TPSA) is 69.3 Å². The van der Waals surface area contributed by atoms with E-state index < -0.39 is 5.91 Å². The standard InChI is InChI=1S/C22H17ClFN3O3/c23-19-3-1-2-4-20(19)29-14-18-9-10-21(30-18)22(28)26-17-11-25-27(13-17)12-15-5-7-16(24)8-6-15/h1-11,13H,12,14H2,(H,26,28). The van der Waals surface area contributed by atoms with E-state index in [9.17, 15) is 9.18 Å². The lowest BCUT2D eigenvalue weighted by atomic mass is 10.2. The van der Waals surface area contributed by atoms with E-state index in [4.69, 9.17) is 20.8 Å². The highest BCUT2D eigenvalue weighted by Crippen LogP contribution is 2.24. The van der Waals surface area contributed by atoms with Gasteiger partial charge in [-0.2, -0.15) is 5.10 Å². The van der Waals surface area contributed by atoms with Gasteiger partial charge in [-0.25, -0.2) is 4.39 Å². The second kappa shape index (κ2) is 8.84. The summed E-state index contributed by atoms with van der Waals surface area (Å²) in [5.41, 5.74) is 1.42. The van der Waals surface area contributed by atoms with E-state index in [1.54, 1.807) is 47.3 Å². The molecular formula is C22H17ClFN3O3. The maximum atomic E-state index is 13.0. The zero-order valence-electron chi connectivity index (χ0n) is 15.7. The fourth-order valence-corrected chi connectivity index (χ4v) is 2.96. The lowest BCUT2D eigenvalue weighted by molar-refractivity contribution is 0.0992. The van der Waals surface area contributed by atoms with Crippen LogP contribution in [0.1, 0.15) is 21.9 Å². The number of ether oxygens (including phenoxy) is 1. The van der Waals surface area contributed by atoms with Crippen molar-refractivity contribution < 1.29 is 18.3 Å². The molecule has 6 nitrogen and oxygen atoms in total. The Morgan fingerprint density at radius 2 is 1.93 bits per heavy atom. The molecular weight excluding hydrogens is 409 g/mol. The van der Waals surface area contributed by atoms with Gasteiger partial charge < -0.3 is 14.5 Å². The Bertz CT molecular complexity index is 1150. The molecule has 0 aliphatic rings. The van der Waals surface area contributed by atoms with E-state index in [1.165, 1.54) is 18.3 Å². The van der Waals surface area contributed by atoms with Gasteiger partial charge in [0, 0.05) is 6.20 Å². The molecule has 0 spiro atoms. The van der Waals surface area contributed by atoms with Gasteiger partial charge in [-0.1, -0.05) is 35.9 Å². The Morgan fingerprint density at radius 3 is 2.73 bits per heavy atom. The van der Waals surface area contributed by atoms with Crippen LogP contribution in [0.4, 0.5) is 10.1 Å². The van der Waals surface area contributed by atoms with E-state index in [0.29, 0.717) is 28.8 Å². The monoisotopic (exact) mass is 425 g/mol. The van der Waals surface area contributed by atoms with Crippen LogP contribution < -0.4 is 10.1 Å². The molecule has 8 heteroatoms. The highest BCUT2D eigenvalue weighted by molar-refractivity contribution is 6.32. The van der Waals surface area contributed by atoms with Crippen LogP contribution in [0, 0.1) is 5.82 Å².